The van der Waals surface area contributed by atoms with Crippen LogP contribution in [0.3, 0.4) is 0 Å². The van der Waals surface area contributed by atoms with Gasteiger partial charge in [-0.3, -0.25) is 4.79 Å². The van der Waals surface area contributed by atoms with E-state index in [1.165, 1.54) is 4.90 Å². The fourth-order valence-corrected chi connectivity index (χ4v) is 1.90. The van der Waals surface area contributed by atoms with Gasteiger partial charge in [0, 0.05) is 26.1 Å². The van der Waals surface area contributed by atoms with Crippen LogP contribution in [0.25, 0.3) is 0 Å². The number of nitrogens with zero attached hydrogens (tertiary/aromatic N) is 1. The van der Waals surface area contributed by atoms with Crippen molar-refractivity contribution in [1.82, 2.24) is 10.2 Å². The molecule has 1 aliphatic heterocycles. The van der Waals surface area contributed by atoms with Crippen molar-refractivity contribution in [2.24, 2.45) is 0 Å². The van der Waals surface area contributed by atoms with Crippen LogP contribution in [0.4, 0.5) is 4.79 Å². The third-order valence-electron chi connectivity index (χ3n) is 2.99. The summed E-state index contributed by atoms with van der Waals surface area (Å²) in [6.07, 6.45) is 0.898. The highest BCUT2D eigenvalue weighted by Crippen LogP contribution is 2.05. The lowest BCUT2D eigenvalue weighted by Gasteiger charge is -2.23. The Morgan fingerprint density at radius 1 is 1.20 bits per heavy atom. The number of carbonyl (C=O) groups excluding carboxylic acids is 1. The Morgan fingerprint density at radius 2 is 1.95 bits per heavy atom. The lowest BCUT2D eigenvalue weighted by atomic mass is 10.1. The first kappa shape index (κ1) is 16.2. The maximum atomic E-state index is 11.9. The van der Waals surface area contributed by atoms with Crippen LogP contribution in [0.2, 0.25) is 0 Å². The molecule has 1 rings (SSSR count). The van der Waals surface area contributed by atoms with Gasteiger partial charge in [-0.1, -0.05) is 0 Å². The predicted octanol–water partition coefficient (Wildman–Crippen LogP) is 0.126. The summed E-state index contributed by atoms with van der Waals surface area (Å²) in [5.74, 6) is -2.14. The molecule has 0 aromatic rings. The van der Waals surface area contributed by atoms with Crippen LogP contribution in [-0.4, -0.2) is 65.4 Å². The van der Waals surface area contributed by atoms with E-state index in [4.69, 9.17) is 14.9 Å². The van der Waals surface area contributed by atoms with Crippen LogP contribution in [0.15, 0.2) is 0 Å². The molecule has 1 saturated heterocycles. The predicted molar refractivity (Wildman–Crippen MR) is 68.5 cm³/mol. The highest BCUT2D eigenvalue weighted by molar-refractivity contribution is 5.82. The van der Waals surface area contributed by atoms with Gasteiger partial charge in [-0.15, -0.1) is 0 Å². The molecule has 20 heavy (non-hydrogen) atoms. The molecule has 114 valence electrons. The van der Waals surface area contributed by atoms with E-state index >= 15 is 0 Å². The van der Waals surface area contributed by atoms with E-state index in [-0.39, 0.29) is 19.3 Å². The first-order valence-corrected chi connectivity index (χ1v) is 6.58. The van der Waals surface area contributed by atoms with E-state index in [2.05, 4.69) is 5.32 Å². The fraction of sp³-hybridized carbons (Fsp3) is 0.750. The molecule has 1 atom stereocenters. The summed E-state index contributed by atoms with van der Waals surface area (Å²) in [6.45, 7) is 1.97. The van der Waals surface area contributed by atoms with Gasteiger partial charge in [0.2, 0.25) is 0 Å². The Balaban J connectivity index is 2.44. The van der Waals surface area contributed by atoms with Gasteiger partial charge >= 0.3 is 18.0 Å². The lowest BCUT2D eigenvalue weighted by molar-refractivity contribution is -0.140. The zero-order valence-electron chi connectivity index (χ0n) is 11.2. The van der Waals surface area contributed by atoms with Gasteiger partial charge in [0.25, 0.3) is 0 Å². The normalized spacial score (nSPS) is 17.1. The minimum absolute atomic E-state index is 0.0950. The number of hydrogen-bond acceptors (Lipinski definition) is 4. The zero-order chi connectivity index (χ0) is 15.0. The maximum absolute atomic E-state index is 11.9. The minimum Gasteiger partial charge on any atom is -0.481 e. The van der Waals surface area contributed by atoms with Gasteiger partial charge in [-0.05, 0) is 19.3 Å². The van der Waals surface area contributed by atoms with Crippen LogP contribution in [-0.2, 0) is 14.3 Å². The summed E-state index contributed by atoms with van der Waals surface area (Å²) in [7, 11) is 0. The average molecular weight is 288 g/mol. The summed E-state index contributed by atoms with van der Waals surface area (Å²) in [5, 5.41) is 20.0. The van der Waals surface area contributed by atoms with Crippen molar-refractivity contribution in [3.63, 3.8) is 0 Å². The van der Waals surface area contributed by atoms with E-state index in [9.17, 15) is 14.4 Å². The molecule has 0 spiro atoms. The average Bonchev–Trinajstić information content (AvgIpc) is 2.65. The standard InChI is InChI=1S/C12H20N2O6/c15-10(16)4-1-3-9(11(17)18)13-12(19)14-5-2-7-20-8-6-14/h9H,1-8H2,(H,13,19)(H,15,16)(H,17,18)/t9-/m1/s1. The van der Waals surface area contributed by atoms with E-state index in [0.29, 0.717) is 32.7 Å². The molecule has 1 heterocycles. The summed E-state index contributed by atoms with van der Waals surface area (Å²) in [4.78, 5) is 34.9. The topological polar surface area (TPSA) is 116 Å². The molecule has 0 saturated carbocycles. The van der Waals surface area contributed by atoms with Crippen molar-refractivity contribution in [3.8, 4) is 0 Å². The molecule has 0 aromatic carbocycles. The second-order valence-corrected chi connectivity index (χ2v) is 4.58. The van der Waals surface area contributed by atoms with E-state index in [1.807, 2.05) is 0 Å². The molecule has 1 aliphatic rings. The highest BCUT2D eigenvalue weighted by Gasteiger charge is 2.23. The molecule has 0 aromatic heterocycles. The van der Waals surface area contributed by atoms with Gasteiger partial charge in [0.15, 0.2) is 0 Å². The smallest absolute Gasteiger partial charge is 0.326 e. The van der Waals surface area contributed by atoms with Crippen molar-refractivity contribution in [3.05, 3.63) is 0 Å². The maximum Gasteiger partial charge on any atom is 0.326 e. The van der Waals surface area contributed by atoms with Gasteiger partial charge in [0.1, 0.15) is 6.04 Å². The fourth-order valence-electron chi connectivity index (χ4n) is 1.90. The van der Waals surface area contributed by atoms with Crippen LogP contribution >= 0.6 is 0 Å². The van der Waals surface area contributed by atoms with Crippen molar-refractivity contribution in [1.29, 1.82) is 0 Å². The summed E-state index contributed by atoms with van der Waals surface area (Å²) >= 11 is 0. The van der Waals surface area contributed by atoms with Gasteiger partial charge in [-0.25, -0.2) is 9.59 Å². The minimum atomic E-state index is -1.16. The Kier molecular flexibility index (Phi) is 6.78. The quantitative estimate of drug-likeness (QED) is 0.639. The molecule has 0 unspecified atom stereocenters. The Morgan fingerprint density at radius 3 is 2.60 bits per heavy atom. The van der Waals surface area contributed by atoms with Crippen LogP contribution in [0, 0.1) is 0 Å². The van der Waals surface area contributed by atoms with E-state index in [1.54, 1.807) is 0 Å². The monoisotopic (exact) mass is 288 g/mol. The molecular formula is C12H20N2O6. The second kappa shape index (κ2) is 8.36. The number of carbonyl (C=O) groups is 3. The molecule has 8 nitrogen and oxygen atoms in total. The van der Waals surface area contributed by atoms with Crippen molar-refractivity contribution < 1.29 is 29.3 Å². The number of nitrogens with one attached hydrogen (secondary N) is 1. The first-order valence-electron chi connectivity index (χ1n) is 6.58. The van der Waals surface area contributed by atoms with Gasteiger partial charge in [-0.2, -0.15) is 0 Å². The number of urea groups is 1. The number of rotatable bonds is 6. The number of hydrogen-bond donors (Lipinski definition) is 3. The third-order valence-corrected chi connectivity index (χ3v) is 2.99. The third kappa shape index (κ3) is 5.87. The molecule has 0 aliphatic carbocycles. The summed E-state index contributed by atoms with van der Waals surface area (Å²) in [6, 6.07) is -1.51. The van der Waals surface area contributed by atoms with Crippen molar-refractivity contribution in [2.75, 3.05) is 26.3 Å². The summed E-state index contributed by atoms with van der Waals surface area (Å²) < 4.78 is 5.22. The number of amides is 2. The highest BCUT2D eigenvalue weighted by atomic mass is 16.5. The SMILES string of the molecule is O=C(O)CCC[C@@H](NC(=O)N1CCCOCC1)C(=O)O. The molecule has 8 heteroatoms. The number of ether oxygens (including phenoxy) is 1. The second-order valence-electron chi connectivity index (χ2n) is 4.58. The molecule has 2 amide bonds. The van der Waals surface area contributed by atoms with Gasteiger partial charge in [0.05, 0.1) is 6.61 Å². The Bertz CT molecular complexity index is 352. The molecule has 1 fully saturated rings. The summed E-state index contributed by atoms with van der Waals surface area (Å²) in [5.41, 5.74) is 0. The largest absolute Gasteiger partial charge is 0.481 e. The number of carboxylic acids is 2. The molecule has 0 bridgehead atoms. The Hall–Kier alpha value is -1.83. The van der Waals surface area contributed by atoms with E-state index < -0.39 is 24.0 Å². The zero-order valence-corrected chi connectivity index (χ0v) is 11.2. The van der Waals surface area contributed by atoms with Crippen molar-refractivity contribution in [2.45, 2.75) is 31.7 Å². The molecule has 0 radical (unpaired) electrons. The van der Waals surface area contributed by atoms with Gasteiger partial charge < -0.3 is 25.2 Å². The van der Waals surface area contributed by atoms with E-state index in [0.717, 1.165) is 0 Å². The van der Waals surface area contributed by atoms with Crippen LogP contribution in [0.1, 0.15) is 25.7 Å². The van der Waals surface area contributed by atoms with Crippen LogP contribution < -0.4 is 5.32 Å². The number of aliphatic carboxylic acids is 2. The van der Waals surface area contributed by atoms with Crippen LogP contribution in [0.5, 0.6) is 0 Å². The lowest BCUT2D eigenvalue weighted by Crippen LogP contribution is -2.48. The Labute approximate surface area is 116 Å². The molecular weight excluding hydrogens is 268 g/mol. The molecule has 3 N–H and O–H groups in total. The number of carboxylic acid groups (broad SMARTS) is 2. The first-order chi connectivity index (χ1) is 9.50. The van der Waals surface area contributed by atoms with Crippen molar-refractivity contribution >= 4 is 18.0 Å².